The topological polar surface area (TPSA) is 89.2 Å². The van der Waals surface area contributed by atoms with Crippen LogP contribution in [0.5, 0.6) is 0 Å². The van der Waals surface area contributed by atoms with E-state index in [0.29, 0.717) is 34.3 Å². The molecule has 32 heavy (non-hydrogen) atoms. The third-order valence-electron chi connectivity index (χ3n) is 5.69. The molecule has 1 fully saturated rings. The molecule has 1 N–H and O–H groups in total. The summed E-state index contributed by atoms with van der Waals surface area (Å²) in [5.41, 5.74) is -0.000679. The van der Waals surface area contributed by atoms with Crippen molar-refractivity contribution in [2.45, 2.75) is 46.2 Å². The average Bonchev–Trinajstić information content (AvgIpc) is 3.22. The van der Waals surface area contributed by atoms with Crippen LogP contribution in [-0.4, -0.2) is 33.1 Å². The number of amides is 1. The summed E-state index contributed by atoms with van der Waals surface area (Å²) in [7, 11) is 0. The highest BCUT2D eigenvalue weighted by Gasteiger charge is 2.23. The van der Waals surface area contributed by atoms with Crippen molar-refractivity contribution < 1.29 is 4.79 Å². The first-order chi connectivity index (χ1) is 15.4. The Bertz CT molecular complexity index is 1240. The number of anilines is 2. The number of nitrogens with zero attached hydrogens (tertiary/aromatic N) is 4. The van der Waals surface area contributed by atoms with Gasteiger partial charge in [-0.1, -0.05) is 36.8 Å². The summed E-state index contributed by atoms with van der Waals surface area (Å²) in [5.74, 6) is 0.288. The van der Waals surface area contributed by atoms with Gasteiger partial charge in [0.15, 0.2) is 10.8 Å². The molecule has 1 aromatic carbocycles. The van der Waals surface area contributed by atoms with Gasteiger partial charge in [-0.3, -0.25) is 18.7 Å². The van der Waals surface area contributed by atoms with E-state index in [9.17, 15) is 14.4 Å². The lowest BCUT2D eigenvalue weighted by Crippen LogP contribution is -2.41. The standard InChI is InChI=1S/C22H26ClN5O3S/c1-3-10-27-20(30)18-19(25-21(32-18)26-11-8-14(2)9-12-26)28(22(27)31)13-17(29)24-16-6-4-15(23)5-7-16/h4-7,14H,3,8-13H2,1-2H3,(H,24,29). The first-order valence-electron chi connectivity index (χ1n) is 10.8. The lowest BCUT2D eigenvalue weighted by Gasteiger charge is -2.29. The Morgan fingerprint density at radius 2 is 1.88 bits per heavy atom. The summed E-state index contributed by atoms with van der Waals surface area (Å²) in [6.07, 6.45) is 2.76. The summed E-state index contributed by atoms with van der Waals surface area (Å²) < 4.78 is 2.92. The van der Waals surface area contributed by atoms with E-state index < -0.39 is 5.69 Å². The zero-order chi connectivity index (χ0) is 22.8. The van der Waals surface area contributed by atoms with Gasteiger partial charge in [0.05, 0.1) is 0 Å². The molecule has 4 rings (SSSR count). The molecule has 2 aromatic heterocycles. The molecular formula is C22H26ClN5O3S. The second-order valence-corrected chi connectivity index (χ2v) is 9.61. The van der Waals surface area contributed by atoms with Crippen LogP contribution in [0.1, 0.15) is 33.1 Å². The minimum Gasteiger partial charge on any atom is -0.348 e. The molecule has 0 radical (unpaired) electrons. The van der Waals surface area contributed by atoms with Gasteiger partial charge in [-0.05, 0) is 49.4 Å². The van der Waals surface area contributed by atoms with E-state index in [1.807, 2.05) is 6.92 Å². The highest BCUT2D eigenvalue weighted by Crippen LogP contribution is 2.29. The van der Waals surface area contributed by atoms with Crippen LogP contribution in [-0.2, 0) is 17.9 Å². The first-order valence-corrected chi connectivity index (χ1v) is 12.0. The van der Waals surface area contributed by atoms with Gasteiger partial charge in [-0.15, -0.1) is 0 Å². The minimum atomic E-state index is -0.514. The normalized spacial score (nSPS) is 14.8. The summed E-state index contributed by atoms with van der Waals surface area (Å²) >= 11 is 7.20. The Kier molecular flexibility index (Phi) is 6.66. The van der Waals surface area contributed by atoms with Crippen LogP contribution in [0.4, 0.5) is 10.8 Å². The van der Waals surface area contributed by atoms with Gasteiger partial charge in [-0.2, -0.15) is 0 Å². The molecule has 0 unspecified atom stereocenters. The van der Waals surface area contributed by atoms with Crippen LogP contribution in [0.2, 0.25) is 5.02 Å². The number of carbonyl (C=O) groups excluding carboxylic acids is 1. The fourth-order valence-corrected chi connectivity index (χ4v) is 5.04. The number of benzene rings is 1. The van der Waals surface area contributed by atoms with Gasteiger partial charge in [0.2, 0.25) is 5.91 Å². The fourth-order valence-electron chi connectivity index (χ4n) is 3.84. The Hall–Kier alpha value is -2.65. The summed E-state index contributed by atoms with van der Waals surface area (Å²) in [6.45, 7) is 5.93. The Balaban J connectivity index is 1.72. The smallest absolute Gasteiger partial charge is 0.333 e. The van der Waals surface area contributed by atoms with E-state index in [2.05, 4.69) is 22.1 Å². The maximum absolute atomic E-state index is 13.1. The number of thiazole rings is 1. The van der Waals surface area contributed by atoms with Crippen molar-refractivity contribution in [2.75, 3.05) is 23.3 Å². The molecule has 0 atom stereocenters. The van der Waals surface area contributed by atoms with E-state index >= 15 is 0 Å². The van der Waals surface area contributed by atoms with Gasteiger partial charge in [0.1, 0.15) is 11.2 Å². The van der Waals surface area contributed by atoms with E-state index in [-0.39, 0.29) is 23.7 Å². The fraction of sp³-hybridized carbons (Fsp3) is 0.455. The summed E-state index contributed by atoms with van der Waals surface area (Å²) in [5, 5.41) is 4.06. The van der Waals surface area contributed by atoms with Crippen molar-refractivity contribution in [3.05, 3.63) is 50.1 Å². The van der Waals surface area contributed by atoms with Crippen molar-refractivity contribution >= 4 is 50.0 Å². The van der Waals surface area contributed by atoms with Gasteiger partial charge in [0, 0.05) is 30.3 Å². The molecule has 1 aliphatic heterocycles. The molecule has 0 saturated carbocycles. The van der Waals surface area contributed by atoms with Gasteiger partial charge >= 0.3 is 5.69 Å². The number of hydrogen-bond donors (Lipinski definition) is 1. The molecular weight excluding hydrogens is 450 g/mol. The van der Waals surface area contributed by atoms with Crippen LogP contribution in [0.25, 0.3) is 10.3 Å². The zero-order valence-electron chi connectivity index (χ0n) is 18.1. The van der Waals surface area contributed by atoms with Crippen LogP contribution in [0.3, 0.4) is 0 Å². The third-order valence-corrected chi connectivity index (χ3v) is 7.03. The number of nitrogens with one attached hydrogen (secondary N) is 1. The monoisotopic (exact) mass is 475 g/mol. The van der Waals surface area contributed by atoms with E-state index in [1.54, 1.807) is 24.3 Å². The van der Waals surface area contributed by atoms with Crippen LogP contribution in [0.15, 0.2) is 33.9 Å². The SMILES string of the molecule is CCCn1c(=O)c2sc(N3CCC(C)CC3)nc2n(CC(=O)Nc2ccc(Cl)cc2)c1=O. The van der Waals surface area contributed by atoms with E-state index in [0.717, 1.165) is 31.1 Å². The van der Waals surface area contributed by atoms with Crippen LogP contribution >= 0.6 is 22.9 Å². The highest BCUT2D eigenvalue weighted by atomic mass is 35.5. The van der Waals surface area contributed by atoms with E-state index in [4.69, 9.17) is 11.6 Å². The van der Waals surface area contributed by atoms with Gasteiger partial charge in [-0.25, -0.2) is 9.78 Å². The molecule has 1 aliphatic rings. The van der Waals surface area contributed by atoms with Crippen molar-refractivity contribution in [2.24, 2.45) is 5.92 Å². The number of aromatic nitrogens is 3. The maximum Gasteiger partial charge on any atom is 0.333 e. The van der Waals surface area contributed by atoms with E-state index in [1.165, 1.54) is 20.5 Å². The number of piperidine rings is 1. The molecule has 0 spiro atoms. The van der Waals surface area contributed by atoms with Crippen molar-refractivity contribution in [1.29, 1.82) is 0 Å². The third kappa shape index (κ3) is 4.59. The van der Waals surface area contributed by atoms with Gasteiger partial charge < -0.3 is 10.2 Å². The minimum absolute atomic E-state index is 0.234. The Morgan fingerprint density at radius 3 is 2.53 bits per heavy atom. The lowest BCUT2D eigenvalue weighted by molar-refractivity contribution is -0.116. The Morgan fingerprint density at radius 1 is 1.19 bits per heavy atom. The molecule has 1 saturated heterocycles. The molecule has 1 amide bonds. The number of halogens is 1. The molecule has 3 aromatic rings. The lowest BCUT2D eigenvalue weighted by atomic mass is 10.00. The van der Waals surface area contributed by atoms with Crippen LogP contribution < -0.4 is 21.5 Å². The first kappa shape index (κ1) is 22.5. The predicted octanol–water partition coefficient (Wildman–Crippen LogP) is 3.56. The number of rotatable bonds is 6. The molecule has 3 heterocycles. The highest BCUT2D eigenvalue weighted by molar-refractivity contribution is 7.22. The number of fused-ring (bicyclic) bond motifs is 1. The molecule has 170 valence electrons. The van der Waals surface area contributed by atoms with Gasteiger partial charge in [0.25, 0.3) is 5.56 Å². The van der Waals surface area contributed by atoms with Crippen molar-refractivity contribution in [3.63, 3.8) is 0 Å². The molecule has 8 nitrogen and oxygen atoms in total. The predicted molar refractivity (Wildman–Crippen MR) is 129 cm³/mol. The second kappa shape index (κ2) is 9.46. The maximum atomic E-state index is 13.1. The average molecular weight is 476 g/mol. The second-order valence-electron chi connectivity index (χ2n) is 8.20. The number of hydrogen-bond acceptors (Lipinski definition) is 6. The summed E-state index contributed by atoms with van der Waals surface area (Å²) in [6, 6.07) is 6.73. The summed E-state index contributed by atoms with van der Waals surface area (Å²) in [4.78, 5) is 45.7. The number of carbonyl (C=O) groups is 1. The zero-order valence-corrected chi connectivity index (χ0v) is 19.7. The molecule has 0 aliphatic carbocycles. The molecule has 0 bridgehead atoms. The van der Waals surface area contributed by atoms with Crippen LogP contribution in [0, 0.1) is 5.92 Å². The largest absolute Gasteiger partial charge is 0.348 e. The van der Waals surface area contributed by atoms with Crippen molar-refractivity contribution in [3.8, 4) is 0 Å². The Labute approximate surface area is 194 Å². The quantitative estimate of drug-likeness (QED) is 0.588. The molecule has 10 heteroatoms. The van der Waals surface area contributed by atoms with Crippen molar-refractivity contribution in [1.82, 2.24) is 14.1 Å².